The predicted molar refractivity (Wildman–Crippen MR) is 113 cm³/mol. The maximum absolute atomic E-state index is 13.3. The van der Waals surface area contributed by atoms with Gasteiger partial charge in [0.1, 0.15) is 0 Å². The van der Waals surface area contributed by atoms with Gasteiger partial charge in [-0.15, -0.1) is 0 Å². The number of anilines is 1. The molecule has 0 atom stereocenters. The fourth-order valence-electron chi connectivity index (χ4n) is 2.70. The minimum Gasteiger partial charge on any atom is -0.308 e. The third-order valence-corrected chi connectivity index (χ3v) is 5.74. The highest BCUT2D eigenvalue weighted by atomic mass is 79.9. The van der Waals surface area contributed by atoms with Crippen LogP contribution in [0.3, 0.4) is 0 Å². The number of amides is 1. The second-order valence-electron chi connectivity index (χ2n) is 6.69. The van der Waals surface area contributed by atoms with E-state index < -0.39 is 0 Å². The van der Waals surface area contributed by atoms with E-state index in [-0.39, 0.29) is 5.91 Å². The Hall–Kier alpha value is -1.76. The summed E-state index contributed by atoms with van der Waals surface area (Å²) in [4.78, 5) is 21.9. The largest absolute Gasteiger partial charge is 0.308 e. The van der Waals surface area contributed by atoms with Crippen molar-refractivity contribution in [1.82, 2.24) is 9.88 Å². The molecular formula is C20H22BrN3OS. The van der Waals surface area contributed by atoms with Crippen LogP contribution in [0.4, 0.5) is 5.13 Å². The summed E-state index contributed by atoms with van der Waals surface area (Å²) in [6, 6.07) is 12.0. The van der Waals surface area contributed by atoms with Crippen molar-refractivity contribution in [2.45, 2.75) is 13.8 Å². The van der Waals surface area contributed by atoms with Gasteiger partial charge >= 0.3 is 0 Å². The van der Waals surface area contributed by atoms with Gasteiger partial charge in [0.25, 0.3) is 5.91 Å². The van der Waals surface area contributed by atoms with Gasteiger partial charge in [-0.05, 0) is 57.8 Å². The molecular weight excluding hydrogens is 410 g/mol. The maximum Gasteiger partial charge on any atom is 0.260 e. The average Bonchev–Trinajstić information content (AvgIpc) is 2.99. The Morgan fingerprint density at radius 2 is 1.88 bits per heavy atom. The lowest BCUT2D eigenvalue weighted by molar-refractivity contribution is 0.0984. The van der Waals surface area contributed by atoms with E-state index in [0.29, 0.717) is 6.54 Å². The third-order valence-electron chi connectivity index (χ3n) is 4.21. The van der Waals surface area contributed by atoms with Gasteiger partial charge in [-0.3, -0.25) is 9.69 Å². The number of carbonyl (C=O) groups is 1. The van der Waals surface area contributed by atoms with Gasteiger partial charge in [0.15, 0.2) is 5.13 Å². The molecule has 0 aliphatic heterocycles. The van der Waals surface area contributed by atoms with E-state index in [1.807, 2.05) is 64.3 Å². The van der Waals surface area contributed by atoms with E-state index in [9.17, 15) is 4.79 Å². The molecule has 0 bridgehead atoms. The van der Waals surface area contributed by atoms with Gasteiger partial charge in [-0.2, -0.15) is 0 Å². The highest BCUT2D eigenvalue weighted by Crippen LogP contribution is 2.32. The summed E-state index contributed by atoms with van der Waals surface area (Å²) in [5.74, 6) is 0.00571. The van der Waals surface area contributed by atoms with Crippen LogP contribution in [0.25, 0.3) is 10.2 Å². The number of fused-ring (bicyclic) bond motifs is 1. The zero-order valence-electron chi connectivity index (χ0n) is 15.4. The molecule has 0 saturated heterocycles. The quantitative estimate of drug-likeness (QED) is 0.577. The van der Waals surface area contributed by atoms with Crippen LogP contribution in [-0.4, -0.2) is 43.0 Å². The number of halogens is 1. The highest BCUT2D eigenvalue weighted by molar-refractivity contribution is 9.10. The third kappa shape index (κ3) is 4.14. The van der Waals surface area contributed by atoms with Gasteiger partial charge in [0, 0.05) is 23.1 Å². The molecule has 4 nitrogen and oxygen atoms in total. The van der Waals surface area contributed by atoms with Crippen LogP contribution in [0.1, 0.15) is 21.5 Å². The summed E-state index contributed by atoms with van der Waals surface area (Å²) >= 11 is 5.05. The lowest BCUT2D eigenvalue weighted by atomic mass is 10.0. The van der Waals surface area contributed by atoms with E-state index in [0.717, 1.165) is 43.1 Å². The van der Waals surface area contributed by atoms with Crippen molar-refractivity contribution >= 4 is 48.5 Å². The molecule has 0 unspecified atom stereocenters. The molecule has 0 N–H and O–H groups in total. The van der Waals surface area contributed by atoms with Gasteiger partial charge in [0.05, 0.1) is 10.2 Å². The molecule has 3 aromatic rings. The molecule has 1 aromatic heterocycles. The van der Waals surface area contributed by atoms with Crippen molar-refractivity contribution in [2.24, 2.45) is 0 Å². The Labute approximate surface area is 166 Å². The zero-order valence-corrected chi connectivity index (χ0v) is 17.8. The summed E-state index contributed by atoms with van der Waals surface area (Å²) < 4.78 is 2.08. The number of carbonyl (C=O) groups excluding carboxylic acids is 1. The van der Waals surface area contributed by atoms with Crippen molar-refractivity contribution in [3.63, 3.8) is 0 Å². The number of likely N-dealkylation sites (N-methyl/N-ethyl adjacent to an activating group) is 1. The molecule has 1 heterocycles. The minimum atomic E-state index is 0.00571. The van der Waals surface area contributed by atoms with Crippen LogP contribution in [-0.2, 0) is 0 Å². The SMILES string of the molecule is Cc1ccc(C)c(C(=O)N(CCN(C)C)c2nc3ccc(Br)cc3s2)c1. The fourth-order valence-corrected chi connectivity index (χ4v) is 4.24. The summed E-state index contributed by atoms with van der Waals surface area (Å²) in [6.07, 6.45) is 0. The predicted octanol–water partition coefficient (Wildman–Crippen LogP) is 4.88. The molecule has 3 rings (SSSR count). The summed E-state index contributed by atoms with van der Waals surface area (Å²) in [5.41, 5.74) is 3.72. The molecule has 136 valence electrons. The summed E-state index contributed by atoms with van der Waals surface area (Å²) in [6.45, 7) is 5.36. The highest BCUT2D eigenvalue weighted by Gasteiger charge is 2.22. The molecule has 0 spiro atoms. The second-order valence-corrected chi connectivity index (χ2v) is 8.61. The molecule has 0 aliphatic carbocycles. The number of aromatic nitrogens is 1. The second kappa shape index (κ2) is 7.86. The van der Waals surface area contributed by atoms with Crippen LogP contribution >= 0.6 is 27.3 Å². The van der Waals surface area contributed by atoms with Gasteiger partial charge in [0.2, 0.25) is 0 Å². The van der Waals surface area contributed by atoms with E-state index in [4.69, 9.17) is 4.98 Å². The number of benzene rings is 2. The number of nitrogens with zero attached hydrogens (tertiary/aromatic N) is 3. The molecule has 0 radical (unpaired) electrons. The van der Waals surface area contributed by atoms with Crippen molar-refractivity contribution in [3.05, 3.63) is 57.6 Å². The van der Waals surface area contributed by atoms with Crippen molar-refractivity contribution in [3.8, 4) is 0 Å². The lowest BCUT2D eigenvalue weighted by Gasteiger charge is -2.23. The van der Waals surface area contributed by atoms with Crippen molar-refractivity contribution < 1.29 is 4.79 Å². The molecule has 0 fully saturated rings. The average molecular weight is 432 g/mol. The van der Waals surface area contributed by atoms with Crippen LogP contribution in [0.2, 0.25) is 0 Å². The normalized spacial score (nSPS) is 11.3. The summed E-state index contributed by atoms with van der Waals surface area (Å²) in [5, 5.41) is 0.742. The molecule has 2 aromatic carbocycles. The smallest absolute Gasteiger partial charge is 0.260 e. The maximum atomic E-state index is 13.3. The van der Waals surface area contributed by atoms with E-state index in [1.54, 1.807) is 16.2 Å². The Morgan fingerprint density at radius 1 is 1.12 bits per heavy atom. The standard InChI is InChI=1S/C20H22BrN3OS/c1-13-5-6-14(2)16(11-13)19(25)24(10-9-23(3)4)20-22-17-8-7-15(21)12-18(17)26-20/h5-8,11-12H,9-10H2,1-4H3. The Balaban J connectivity index is 2.03. The van der Waals surface area contributed by atoms with Crippen LogP contribution in [0.15, 0.2) is 40.9 Å². The Bertz CT molecular complexity index is 951. The number of thiazole rings is 1. The fraction of sp³-hybridized carbons (Fsp3) is 0.300. The van der Waals surface area contributed by atoms with Crippen LogP contribution in [0.5, 0.6) is 0 Å². The number of rotatable bonds is 5. The number of hydrogen-bond acceptors (Lipinski definition) is 4. The van der Waals surface area contributed by atoms with Crippen LogP contribution < -0.4 is 4.90 Å². The van der Waals surface area contributed by atoms with Gasteiger partial charge in [-0.25, -0.2) is 4.98 Å². The van der Waals surface area contributed by atoms with E-state index >= 15 is 0 Å². The monoisotopic (exact) mass is 431 g/mol. The molecule has 0 saturated carbocycles. The van der Waals surface area contributed by atoms with Crippen molar-refractivity contribution in [1.29, 1.82) is 0 Å². The number of aryl methyl sites for hydroxylation is 2. The van der Waals surface area contributed by atoms with Gasteiger partial charge in [-0.1, -0.05) is 45.0 Å². The van der Waals surface area contributed by atoms with E-state index in [1.165, 1.54) is 0 Å². The van der Waals surface area contributed by atoms with Gasteiger partial charge < -0.3 is 4.90 Å². The molecule has 6 heteroatoms. The molecule has 1 amide bonds. The van der Waals surface area contributed by atoms with Crippen LogP contribution in [0, 0.1) is 13.8 Å². The summed E-state index contributed by atoms with van der Waals surface area (Å²) in [7, 11) is 4.02. The Kier molecular flexibility index (Phi) is 5.75. The van der Waals surface area contributed by atoms with E-state index in [2.05, 4.69) is 20.8 Å². The zero-order chi connectivity index (χ0) is 18.8. The molecule has 26 heavy (non-hydrogen) atoms. The lowest BCUT2D eigenvalue weighted by Crippen LogP contribution is -2.37. The topological polar surface area (TPSA) is 36.4 Å². The first kappa shape index (κ1) is 19.0. The first-order valence-corrected chi connectivity index (χ1v) is 10.1. The number of hydrogen-bond donors (Lipinski definition) is 0. The first-order valence-electron chi connectivity index (χ1n) is 8.45. The Morgan fingerprint density at radius 3 is 2.62 bits per heavy atom. The minimum absolute atomic E-state index is 0.00571. The molecule has 0 aliphatic rings. The first-order chi connectivity index (χ1) is 12.3. The van der Waals surface area contributed by atoms with Crippen molar-refractivity contribution in [2.75, 3.05) is 32.1 Å².